The molecule has 2 nitrogen and oxygen atoms in total. The van der Waals surface area contributed by atoms with Crippen molar-refractivity contribution in [2.75, 3.05) is 6.54 Å². The van der Waals surface area contributed by atoms with Gasteiger partial charge in [-0.1, -0.05) is 19.1 Å². The van der Waals surface area contributed by atoms with Gasteiger partial charge in [-0.2, -0.15) is 0 Å². The summed E-state index contributed by atoms with van der Waals surface area (Å²) in [7, 11) is 0. The predicted molar refractivity (Wildman–Crippen MR) is 70.8 cm³/mol. The molecule has 0 amide bonds. The molecule has 3 heteroatoms. The number of halogens is 1. The van der Waals surface area contributed by atoms with E-state index in [1.54, 1.807) is 24.5 Å². The van der Waals surface area contributed by atoms with Gasteiger partial charge in [0.2, 0.25) is 0 Å². The number of likely N-dealkylation sites (N-methyl/N-ethyl adjacent to an activating group) is 1. The second-order valence-corrected chi connectivity index (χ2v) is 4.22. The van der Waals surface area contributed by atoms with E-state index in [-0.39, 0.29) is 11.9 Å². The molecular weight excluding hydrogens is 227 g/mol. The van der Waals surface area contributed by atoms with Gasteiger partial charge in [0, 0.05) is 18.4 Å². The van der Waals surface area contributed by atoms with Crippen molar-refractivity contribution < 1.29 is 4.39 Å². The molecule has 0 saturated heterocycles. The van der Waals surface area contributed by atoms with E-state index in [9.17, 15) is 4.39 Å². The van der Waals surface area contributed by atoms with E-state index >= 15 is 0 Å². The minimum Gasteiger partial charge on any atom is -0.310 e. The van der Waals surface area contributed by atoms with Gasteiger partial charge in [0.1, 0.15) is 5.82 Å². The number of nitrogens with zero attached hydrogens (tertiary/aromatic N) is 1. The monoisotopic (exact) mass is 244 g/mol. The molecule has 18 heavy (non-hydrogen) atoms. The Morgan fingerprint density at radius 3 is 2.67 bits per heavy atom. The summed E-state index contributed by atoms with van der Waals surface area (Å²) in [4.78, 5) is 4.01. The van der Waals surface area contributed by atoms with Gasteiger partial charge in [-0.25, -0.2) is 4.39 Å². The van der Waals surface area contributed by atoms with Gasteiger partial charge in [-0.15, -0.1) is 0 Å². The Morgan fingerprint density at radius 2 is 2.00 bits per heavy atom. The van der Waals surface area contributed by atoms with Crippen molar-refractivity contribution in [2.24, 2.45) is 0 Å². The van der Waals surface area contributed by atoms with Crippen LogP contribution < -0.4 is 5.32 Å². The fourth-order valence-corrected chi connectivity index (χ4v) is 2.03. The molecule has 1 N–H and O–H groups in total. The van der Waals surface area contributed by atoms with Crippen molar-refractivity contribution in [1.29, 1.82) is 0 Å². The first-order chi connectivity index (χ1) is 8.79. The fraction of sp³-hybridized carbons (Fsp3) is 0.267. The predicted octanol–water partition coefficient (Wildman–Crippen LogP) is 3.11. The first kappa shape index (κ1) is 12.7. The van der Waals surface area contributed by atoms with E-state index in [2.05, 4.69) is 17.2 Å². The summed E-state index contributed by atoms with van der Waals surface area (Å²) >= 11 is 0. The Balaban J connectivity index is 2.18. The van der Waals surface area contributed by atoms with Gasteiger partial charge in [0.15, 0.2) is 0 Å². The number of nitrogens with one attached hydrogen (secondary N) is 1. The highest BCUT2D eigenvalue weighted by atomic mass is 19.1. The third kappa shape index (κ3) is 3.37. The van der Waals surface area contributed by atoms with E-state index in [1.165, 1.54) is 11.6 Å². The van der Waals surface area contributed by atoms with Crippen LogP contribution in [-0.4, -0.2) is 11.5 Å². The Bertz CT molecular complexity index is 485. The fourth-order valence-electron chi connectivity index (χ4n) is 2.03. The van der Waals surface area contributed by atoms with Gasteiger partial charge in [0.25, 0.3) is 0 Å². The van der Waals surface area contributed by atoms with Crippen LogP contribution in [0.25, 0.3) is 0 Å². The van der Waals surface area contributed by atoms with E-state index in [0.29, 0.717) is 0 Å². The lowest BCUT2D eigenvalue weighted by Crippen LogP contribution is -2.23. The second-order valence-electron chi connectivity index (χ2n) is 4.22. The summed E-state index contributed by atoms with van der Waals surface area (Å²) in [5.74, 6) is -0.190. The molecule has 0 radical (unpaired) electrons. The lowest BCUT2D eigenvalue weighted by molar-refractivity contribution is 0.542. The SMILES string of the molecule is CCNC(Cc1ccncc1)c1cccc(F)c1. The number of benzene rings is 1. The summed E-state index contributed by atoms with van der Waals surface area (Å²) in [6, 6.07) is 10.9. The largest absolute Gasteiger partial charge is 0.310 e. The maximum absolute atomic E-state index is 13.3. The number of pyridine rings is 1. The molecule has 0 aliphatic heterocycles. The van der Waals surface area contributed by atoms with Crippen LogP contribution >= 0.6 is 0 Å². The zero-order valence-electron chi connectivity index (χ0n) is 10.4. The zero-order chi connectivity index (χ0) is 12.8. The van der Waals surface area contributed by atoms with Crippen molar-refractivity contribution in [3.63, 3.8) is 0 Å². The summed E-state index contributed by atoms with van der Waals surface area (Å²) < 4.78 is 13.3. The summed E-state index contributed by atoms with van der Waals surface area (Å²) in [5, 5.41) is 3.39. The van der Waals surface area contributed by atoms with Crippen LogP contribution in [0.3, 0.4) is 0 Å². The highest BCUT2D eigenvalue weighted by Crippen LogP contribution is 2.18. The Kier molecular flexibility index (Phi) is 4.42. The van der Waals surface area contributed by atoms with E-state index in [0.717, 1.165) is 18.5 Å². The summed E-state index contributed by atoms with van der Waals surface area (Å²) in [5.41, 5.74) is 2.17. The van der Waals surface area contributed by atoms with Gasteiger partial charge in [-0.05, 0) is 48.4 Å². The van der Waals surface area contributed by atoms with Gasteiger partial charge in [0.05, 0.1) is 0 Å². The molecule has 2 rings (SSSR count). The molecule has 0 aliphatic carbocycles. The maximum atomic E-state index is 13.3. The smallest absolute Gasteiger partial charge is 0.123 e. The van der Waals surface area contributed by atoms with Crippen LogP contribution in [0.2, 0.25) is 0 Å². The Labute approximate surface area is 107 Å². The van der Waals surface area contributed by atoms with E-state index < -0.39 is 0 Å². The second kappa shape index (κ2) is 6.26. The minimum absolute atomic E-state index is 0.132. The molecule has 0 fully saturated rings. The first-order valence-electron chi connectivity index (χ1n) is 6.17. The van der Waals surface area contributed by atoms with Crippen molar-refractivity contribution in [1.82, 2.24) is 10.3 Å². The minimum atomic E-state index is -0.190. The van der Waals surface area contributed by atoms with Crippen molar-refractivity contribution in [3.8, 4) is 0 Å². The van der Waals surface area contributed by atoms with Crippen LogP contribution in [0.15, 0.2) is 48.8 Å². The van der Waals surface area contributed by atoms with Crippen LogP contribution in [0.1, 0.15) is 24.1 Å². The molecule has 1 heterocycles. The molecule has 1 aromatic carbocycles. The van der Waals surface area contributed by atoms with Crippen molar-refractivity contribution in [2.45, 2.75) is 19.4 Å². The molecule has 0 bridgehead atoms. The summed E-state index contributed by atoms with van der Waals surface area (Å²) in [6.07, 6.45) is 4.40. The lowest BCUT2D eigenvalue weighted by Gasteiger charge is -2.18. The van der Waals surface area contributed by atoms with Crippen LogP contribution in [0, 0.1) is 5.82 Å². The van der Waals surface area contributed by atoms with Crippen molar-refractivity contribution >= 4 is 0 Å². The molecule has 0 aliphatic rings. The van der Waals surface area contributed by atoms with E-state index in [4.69, 9.17) is 0 Å². The molecule has 2 aromatic rings. The highest BCUT2D eigenvalue weighted by Gasteiger charge is 2.11. The van der Waals surface area contributed by atoms with Crippen LogP contribution in [0.5, 0.6) is 0 Å². The standard InChI is InChI=1S/C15H17FN2/c1-2-18-15(10-12-6-8-17-9-7-12)13-4-3-5-14(16)11-13/h3-9,11,15,18H,2,10H2,1H3. The number of rotatable bonds is 5. The van der Waals surface area contributed by atoms with Gasteiger partial charge >= 0.3 is 0 Å². The molecule has 94 valence electrons. The number of aromatic nitrogens is 1. The molecule has 1 aromatic heterocycles. The van der Waals surface area contributed by atoms with Crippen LogP contribution in [-0.2, 0) is 6.42 Å². The zero-order valence-corrected chi connectivity index (χ0v) is 10.4. The third-order valence-electron chi connectivity index (χ3n) is 2.89. The molecule has 0 saturated carbocycles. The normalized spacial score (nSPS) is 12.3. The van der Waals surface area contributed by atoms with Gasteiger partial charge < -0.3 is 5.32 Å². The average molecular weight is 244 g/mol. The first-order valence-corrected chi connectivity index (χ1v) is 6.17. The average Bonchev–Trinajstić information content (AvgIpc) is 2.39. The maximum Gasteiger partial charge on any atom is 0.123 e. The van der Waals surface area contributed by atoms with Gasteiger partial charge in [-0.3, -0.25) is 4.98 Å². The number of hydrogen-bond acceptors (Lipinski definition) is 2. The molecule has 0 spiro atoms. The van der Waals surface area contributed by atoms with Crippen LogP contribution in [0.4, 0.5) is 4.39 Å². The molecular formula is C15H17FN2. The topological polar surface area (TPSA) is 24.9 Å². The third-order valence-corrected chi connectivity index (χ3v) is 2.89. The quantitative estimate of drug-likeness (QED) is 0.874. The van der Waals surface area contributed by atoms with E-state index in [1.807, 2.05) is 18.2 Å². The highest BCUT2D eigenvalue weighted by molar-refractivity contribution is 5.23. The Morgan fingerprint density at radius 1 is 1.22 bits per heavy atom. The lowest BCUT2D eigenvalue weighted by atomic mass is 9.99. The summed E-state index contributed by atoms with van der Waals surface area (Å²) in [6.45, 7) is 2.91. The molecule has 1 unspecified atom stereocenters. The molecule has 1 atom stereocenters. The Hall–Kier alpha value is -1.74. The van der Waals surface area contributed by atoms with Crippen molar-refractivity contribution in [3.05, 3.63) is 65.7 Å². The number of hydrogen-bond donors (Lipinski definition) is 1.